The molecule has 1 saturated heterocycles. The van der Waals surface area contributed by atoms with Gasteiger partial charge in [-0.15, -0.1) is 23.7 Å². The maximum Gasteiger partial charge on any atom is 0.0328 e. The van der Waals surface area contributed by atoms with Crippen LogP contribution in [-0.2, 0) is 12.0 Å². The summed E-state index contributed by atoms with van der Waals surface area (Å²) in [5.74, 6) is 0. The van der Waals surface area contributed by atoms with E-state index in [0.29, 0.717) is 6.04 Å². The van der Waals surface area contributed by atoms with Gasteiger partial charge in [0.15, 0.2) is 0 Å². The molecule has 1 aliphatic rings. The first-order valence-electron chi connectivity index (χ1n) is 6.02. The number of rotatable bonds is 2. The summed E-state index contributed by atoms with van der Waals surface area (Å²) in [5, 5.41) is 0. The first-order chi connectivity index (χ1) is 7.45. The van der Waals surface area contributed by atoms with Crippen LogP contribution in [-0.4, -0.2) is 24.0 Å². The minimum atomic E-state index is 0. The third-order valence-electron chi connectivity index (χ3n) is 3.09. The predicted molar refractivity (Wildman–Crippen MR) is 78.1 cm³/mol. The quantitative estimate of drug-likeness (QED) is 0.898. The summed E-state index contributed by atoms with van der Waals surface area (Å²) in [6, 6.07) is 4.94. The number of halogens is 1. The van der Waals surface area contributed by atoms with Crippen molar-refractivity contribution in [1.29, 1.82) is 0 Å². The van der Waals surface area contributed by atoms with Crippen molar-refractivity contribution in [3.05, 3.63) is 21.9 Å². The van der Waals surface area contributed by atoms with Crippen molar-refractivity contribution in [1.82, 2.24) is 4.90 Å². The molecule has 2 heterocycles. The van der Waals surface area contributed by atoms with Crippen molar-refractivity contribution < 1.29 is 0 Å². The lowest BCUT2D eigenvalue weighted by molar-refractivity contribution is 0.330. The van der Waals surface area contributed by atoms with Gasteiger partial charge >= 0.3 is 0 Å². The largest absolute Gasteiger partial charge is 0.326 e. The Hall–Kier alpha value is -0.0900. The highest BCUT2D eigenvalue weighted by Gasteiger charge is 2.21. The second-order valence-corrected chi connectivity index (χ2v) is 6.97. The van der Waals surface area contributed by atoms with Gasteiger partial charge in [0.1, 0.15) is 0 Å². The molecule has 1 aliphatic heterocycles. The molecule has 0 amide bonds. The highest BCUT2D eigenvalue weighted by Crippen LogP contribution is 2.30. The molecule has 0 bridgehead atoms. The van der Waals surface area contributed by atoms with E-state index in [9.17, 15) is 0 Å². The van der Waals surface area contributed by atoms with Gasteiger partial charge in [-0.1, -0.05) is 20.8 Å². The van der Waals surface area contributed by atoms with Gasteiger partial charge in [0, 0.05) is 35.4 Å². The van der Waals surface area contributed by atoms with Crippen molar-refractivity contribution in [2.24, 2.45) is 5.73 Å². The fourth-order valence-corrected chi connectivity index (χ4v) is 3.20. The Morgan fingerprint density at radius 2 is 2.12 bits per heavy atom. The summed E-state index contributed by atoms with van der Waals surface area (Å²) in [7, 11) is 0. The molecule has 1 aromatic heterocycles. The molecule has 0 spiro atoms. The second kappa shape index (κ2) is 5.70. The van der Waals surface area contributed by atoms with Crippen LogP contribution in [0.2, 0.25) is 0 Å². The van der Waals surface area contributed by atoms with E-state index in [1.807, 2.05) is 11.3 Å². The van der Waals surface area contributed by atoms with E-state index in [2.05, 4.69) is 37.8 Å². The summed E-state index contributed by atoms with van der Waals surface area (Å²) >= 11 is 1.95. The number of hydrogen-bond acceptors (Lipinski definition) is 3. The van der Waals surface area contributed by atoms with Crippen molar-refractivity contribution in [3.8, 4) is 0 Å². The zero-order chi connectivity index (χ0) is 11.8. The highest BCUT2D eigenvalue weighted by molar-refractivity contribution is 7.12. The van der Waals surface area contributed by atoms with Crippen LogP contribution < -0.4 is 5.73 Å². The monoisotopic (exact) mass is 274 g/mol. The molecule has 0 aromatic carbocycles. The third-order valence-corrected chi connectivity index (χ3v) is 4.58. The summed E-state index contributed by atoms with van der Waals surface area (Å²) in [6.07, 6.45) is 1.15. The Bertz CT molecular complexity index is 357. The molecule has 0 saturated carbocycles. The van der Waals surface area contributed by atoms with E-state index in [1.165, 1.54) is 9.75 Å². The lowest BCUT2D eigenvalue weighted by Gasteiger charge is -2.16. The van der Waals surface area contributed by atoms with Gasteiger partial charge < -0.3 is 5.73 Å². The number of thiophene rings is 1. The van der Waals surface area contributed by atoms with Crippen LogP contribution in [0.5, 0.6) is 0 Å². The van der Waals surface area contributed by atoms with E-state index in [4.69, 9.17) is 5.73 Å². The minimum Gasteiger partial charge on any atom is -0.326 e. The van der Waals surface area contributed by atoms with E-state index >= 15 is 0 Å². The van der Waals surface area contributed by atoms with Gasteiger partial charge in [-0.25, -0.2) is 0 Å². The zero-order valence-corrected chi connectivity index (χ0v) is 12.5. The van der Waals surface area contributed by atoms with Gasteiger partial charge in [-0.05, 0) is 24.0 Å². The van der Waals surface area contributed by atoms with E-state index in [0.717, 1.165) is 26.1 Å². The Morgan fingerprint density at radius 3 is 2.59 bits per heavy atom. The SMILES string of the molecule is CC(C)(C)c1ccc(CN2CCC(N)C2)s1.Cl. The van der Waals surface area contributed by atoms with Crippen LogP contribution in [0, 0.1) is 0 Å². The lowest BCUT2D eigenvalue weighted by Crippen LogP contribution is -2.25. The summed E-state index contributed by atoms with van der Waals surface area (Å²) in [5.41, 5.74) is 6.20. The van der Waals surface area contributed by atoms with Gasteiger partial charge in [0.25, 0.3) is 0 Å². The van der Waals surface area contributed by atoms with Gasteiger partial charge in [0.05, 0.1) is 0 Å². The Balaban J connectivity index is 0.00000144. The smallest absolute Gasteiger partial charge is 0.0328 e. The summed E-state index contributed by atoms with van der Waals surface area (Å²) in [4.78, 5) is 5.41. The maximum absolute atomic E-state index is 5.91. The molecule has 2 rings (SSSR count). The molecule has 1 aromatic rings. The molecule has 1 unspecified atom stereocenters. The zero-order valence-electron chi connectivity index (χ0n) is 10.9. The Labute approximate surface area is 115 Å². The fourth-order valence-electron chi connectivity index (χ4n) is 2.09. The molecule has 1 atom stereocenters. The number of nitrogens with zero attached hydrogens (tertiary/aromatic N) is 1. The molecule has 1 fully saturated rings. The molecule has 4 heteroatoms. The average Bonchev–Trinajstić information content (AvgIpc) is 2.74. The van der Waals surface area contributed by atoms with E-state index in [-0.39, 0.29) is 17.8 Å². The topological polar surface area (TPSA) is 29.3 Å². The van der Waals surface area contributed by atoms with Crippen LogP contribution in [0.1, 0.15) is 36.9 Å². The number of nitrogens with two attached hydrogens (primary N) is 1. The standard InChI is InChI=1S/C13H22N2S.ClH/c1-13(2,3)12-5-4-11(16-12)9-15-7-6-10(14)8-15;/h4-5,10H,6-9,14H2,1-3H3;1H. The normalized spacial score (nSPS) is 21.5. The molecule has 2 N–H and O–H groups in total. The van der Waals surface area contributed by atoms with Crippen molar-refractivity contribution >= 4 is 23.7 Å². The van der Waals surface area contributed by atoms with Crippen molar-refractivity contribution in [2.75, 3.05) is 13.1 Å². The van der Waals surface area contributed by atoms with Gasteiger partial charge in [0.2, 0.25) is 0 Å². The molecule has 0 aliphatic carbocycles. The first-order valence-corrected chi connectivity index (χ1v) is 6.84. The minimum absolute atomic E-state index is 0. The van der Waals surface area contributed by atoms with Crippen LogP contribution in [0.25, 0.3) is 0 Å². The maximum atomic E-state index is 5.91. The number of likely N-dealkylation sites (tertiary alicyclic amines) is 1. The Morgan fingerprint density at radius 1 is 1.41 bits per heavy atom. The van der Waals surface area contributed by atoms with E-state index in [1.54, 1.807) is 0 Å². The Kier molecular flexibility index (Phi) is 5.02. The van der Waals surface area contributed by atoms with Crippen LogP contribution in [0.15, 0.2) is 12.1 Å². The molecular weight excluding hydrogens is 252 g/mol. The first kappa shape index (κ1) is 15.0. The average molecular weight is 275 g/mol. The lowest BCUT2D eigenvalue weighted by atomic mass is 9.95. The van der Waals surface area contributed by atoms with Gasteiger partial charge in [-0.3, -0.25) is 4.90 Å². The fraction of sp³-hybridized carbons (Fsp3) is 0.692. The third kappa shape index (κ3) is 3.95. The molecule has 17 heavy (non-hydrogen) atoms. The van der Waals surface area contributed by atoms with Crippen LogP contribution in [0.4, 0.5) is 0 Å². The summed E-state index contributed by atoms with van der Waals surface area (Å²) in [6.45, 7) is 10.1. The van der Waals surface area contributed by atoms with Crippen molar-refractivity contribution in [2.45, 2.75) is 45.2 Å². The highest BCUT2D eigenvalue weighted by atomic mass is 35.5. The van der Waals surface area contributed by atoms with Gasteiger partial charge in [-0.2, -0.15) is 0 Å². The summed E-state index contributed by atoms with van der Waals surface area (Å²) < 4.78 is 0. The molecule has 98 valence electrons. The van der Waals surface area contributed by atoms with Crippen molar-refractivity contribution in [3.63, 3.8) is 0 Å². The molecular formula is C13H23ClN2S. The molecule has 0 radical (unpaired) electrons. The van der Waals surface area contributed by atoms with Crippen LogP contribution >= 0.6 is 23.7 Å². The van der Waals surface area contributed by atoms with E-state index < -0.39 is 0 Å². The second-order valence-electron chi connectivity index (χ2n) is 5.80. The molecule has 2 nitrogen and oxygen atoms in total. The van der Waals surface area contributed by atoms with Crippen LogP contribution in [0.3, 0.4) is 0 Å². The number of hydrogen-bond donors (Lipinski definition) is 1. The predicted octanol–water partition coefficient (Wildman–Crippen LogP) is 3.00.